The second-order valence-corrected chi connectivity index (χ2v) is 4.15. The van der Waals surface area contributed by atoms with E-state index in [-0.39, 0.29) is 37.2 Å². The number of carboxylic acids is 1. The van der Waals surface area contributed by atoms with E-state index in [0.29, 0.717) is 11.3 Å². The number of amides is 2. The number of hydrogen-bond donors (Lipinski definition) is 2. The van der Waals surface area contributed by atoms with Crippen LogP contribution in [0.3, 0.4) is 0 Å². The van der Waals surface area contributed by atoms with Gasteiger partial charge in [0.1, 0.15) is 5.76 Å². The van der Waals surface area contributed by atoms with E-state index in [0.717, 1.165) is 0 Å². The van der Waals surface area contributed by atoms with Gasteiger partial charge in [-0.3, -0.25) is 19.8 Å². The van der Waals surface area contributed by atoms with E-state index in [1.807, 2.05) is 0 Å². The number of aryl methyl sites for hydroxylation is 1. The highest BCUT2D eigenvalue weighted by Gasteiger charge is 2.24. The molecule has 0 saturated carbocycles. The summed E-state index contributed by atoms with van der Waals surface area (Å²) in [7, 11) is 0. The molecule has 7 nitrogen and oxygen atoms in total. The maximum absolute atomic E-state index is 11.2. The van der Waals surface area contributed by atoms with Crippen LogP contribution in [0.4, 0.5) is 0 Å². The van der Waals surface area contributed by atoms with Gasteiger partial charge in [0.2, 0.25) is 17.6 Å². The average molecular weight is 252 g/mol. The molecule has 2 amide bonds. The van der Waals surface area contributed by atoms with Gasteiger partial charge in [-0.05, 0) is 13.0 Å². The summed E-state index contributed by atoms with van der Waals surface area (Å²) in [4.78, 5) is 34.7. The van der Waals surface area contributed by atoms with Crippen LogP contribution in [0.2, 0.25) is 0 Å². The molecule has 1 saturated heterocycles. The van der Waals surface area contributed by atoms with Crippen molar-refractivity contribution >= 4 is 17.8 Å². The maximum Gasteiger partial charge on any atom is 0.372 e. The Morgan fingerprint density at radius 2 is 2.06 bits per heavy atom. The van der Waals surface area contributed by atoms with Crippen molar-refractivity contribution in [3.8, 4) is 0 Å². The van der Waals surface area contributed by atoms with Crippen LogP contribution >= 0.6 is 0 Å². The minimum absolute atomic E-state index is 0.0912. The molecule has 0 aromatic carbocycles. The van der Waals surface area contributed by atoms with Crippen LogP contribution < -0.4 is 5.32 Å². The first-order valence-corrected chi connectivity index (χ1v) is 5.33. The Bertz CT molecular complexity index is 504. The molecular formula is C11H12N2O5. The molecule has 0 spiro atoms. The monoisotopic (exact) mass is 252 g/mol. The quantitative estimate of drug-likeness (QED) is 0.719. The first kappa shape index (κ1) is 12.3. The van der Waals surface area contributed by atoms with Crippen molar-refractivity contribution in [3.05, 3.63) is 23.2 Å². The van der Waals surface area contributed by atoms with Crippen LogP contribution in [0.25, 0.3) is 0 Å². The van der Waals surface area contributed by atoms with Crippen LogP contribution in [0.1, 0.15) is 21.9 Å². The largest absolute Gasteiger partial charge is 0.475 e. The number of furan rings is 1. The molecule has 0 atom stereocenters. The van der Waals surface area contributed by atoms with Crippen molar-refractivity contribution < 1.29 is 23.9 Å². The predicted octanol–water partition coefficient (Wildman–Crippen LogP) is -0.255. The van der Waals surface area contributed by atoms with Crippen LogP contribution in [0, 0.1) is 6.92 Å². The summed E-state index contributed by atoms with van der Waals surface area (Å²) in [6.45, 7) is 2.04. The highest BCUT2D eigenvalue weighted by Crippen LogP contribution is 2.16. The molecule has 7 heteroatoms. The highest BCUT2D eigenvalue weighted by molar-refractivity contribution is 5.99. The Hall–Kier alpha value is -2.15. The smallest absolute Gasteiger partial charge is 0.372 e. The number of imide groups is 1. The minimum Gasteiger partial charge on any atom is -0.475 e. The van der Waals surface area contributed by atoms with Crippen molar-refractivity contribution in [3.63, 3.8) is 0 Å². The summed E-state index contributed by atoms with van der Waals surface area (Å²) in [5.41, 5.74) is 0.519. The molecule has 1 aliphatic heterocycles. The van der Waals surface area contributed by atoms with Crippen molar-refractivity contribution in [2.75, 3.05) is 13.1 Å². The number of rotatable bonds is 3. The number of carbonyl (C=O) groups excluding carboxylic acids is 2. The van der Waals surface area contributed by atoms with Gasteiger partial charge in [0, 0.05) is 5.56 Å². The summed E-state index contributed by atoms with van der Waals surface area (Å²) in [5.74, 6) is -1.56. The minimum atomic E-state index is -1.13. The topological polar surface area (TPSA) is 99.9 Å². The van der Waals surface area contributed by atoms with Crippen molar-refractivity contribution in [2.24, 2.45) is 0 Å². The lowest BCUT2D eigenvalue weighted by Crippen LogP contribution is -2.50. The molecule has 0 aliphatic carbocycles. The fraction of sp³-hybridized carbons (Fsp3) is 0.364. The Kier molecular flexibility index (Phi) is 3.15. The second-order valence-electron chi connectivity index (χ2n) is 4.15. The van der Waals surface area contributed by atoms with Crippen LogP contribution in [0.5, 0.6) is 0 Å². The molecule has 0 bridgehead atoms. The van der Waals surface area contributed by atoms with Crippen molar-refractivity contribution in [1.82, 2.24) is 10.2 Å². The first-order chi connectivity index (χ1) is 8.45. The van der Waals surface area contributed by atoms with E-state index in [4.69, 9.17) is 9.52 Å². The third-order valence-corrected chi connectivity index (χ3v) is 2.56. The number of aromatic carboxylic acids is 1. The SMILES string of the molecule is Cc1cc(CN2CC(=O)NC(=O)C2)oc1C(=O)O. The molecule has 0 radical (unpaired) electrons. The molecule has 1 aromatic rings. The van der Waals surface area contributed by atoms with Crippen LogP contribution in [-0.4, -0.2) is 40.9 Å². The van der Waals surface area contributed by atoms with Gasteiger partial charge < -0.3 is 9.52 Å². The molecule has 96 valence electrons. The first-order valence-electron chi connectivity index (χ1n) is 5.33. The zero-order chi connectivity index (χ0) is 13.3. The van der Waals surface area contributed by atoms with Gasteiger partial charge in [-0.15, -0.1) is 0 Å². The van der Waals surface area contributed by atoms with E-state index in [1.165, 1.54) is 0 Å². The van der Waals surface area contributed by atoms with E-state index >= 15 is 0 Å². The van der Waals surface area contributed by atoms with E-state index in [9.17, 15) is 14.4 Å². The van der Waals surface area contributed by atoms with Gasteiger partial charge in [0.15, 0.2) is 0 Å². The molecule has 18 heavy (non-hydrogen) atoms. The van der Waals surface area contributed by atoms with Gasteiger partial charge in [-0.25, -0.2) is 4.79 Å². The lowest BCUT2D eigenvalue weighted by Gasteiger charge is -2.23. The fourth-order valence-corrected chi connectivity index (χ4v) is 1.87. The van der Waals surface area contributed by atoms with Crippen molar-refractivity contribution in [2.45, 2.75) is 13.5 Å². The van der Waals surface area contributed by atoms with Gasteiger partial charge in [0.25, 0.3) is 0 Å². The summed E-state index contributed by atoms with van der Waals surface area (Å²) >= 11 is 0. The summed E-state index contributed by atoms with van der Waals surface area (Å²) in [6, 6.07) is 1.60. The molecule has 2 heterocycles. The summed E-state index contributed by atoms with van der Waals surface area (Å²) in [6.07, 6.45) is 0. The van der Waals surface area contributed by atoms with E-state index < -0.39 is 5.97 Å². The molecular weight excluding hydrogens is 240 g/mol. The van der Waals surface area contributed by atoms with Gasteiger partial charge >= 0.3 is 5.97 Å². The molecule has 2 N–H and O–H groups in total. The number of carbonyl (C=O) groups is 3. The molecule has 1 aromatic heterocycles. The molecule has 2 rings (SSSR count). The number of hydrogen-bond acceptors (Lipinski definition) is 5. The molecule has 1 fully saturated rings. The Morgan fingerprint density at radius 3 is 2.56 bits per heavy atom. The zero-order valence-electron chi connectivity index (χ0n) is 9.73. The Labute approximate surface area is 102 Å². The number of piperazine rings is 1. The predicted molar refractivity (Wildman–Crippen MR) is 58.8 cm³/mol. The number of nitrogens with zero attached hydrogens (tertiary/aromatic N) is 1. The third kappa shape index (κ3) is 2.57. The lowest BCUT2D eigenvalue weighted by molar-refractivity contribution is -0.136. The van der Waals surface area contributed by atoms with Gasteiger partial charge in [-0.2, -0.15) is 0 Å². The summed E-state index contributed by atoms with van der Waals surface area (Å²) in [5, 5.41) is 11.0. The van der Waals surface area contributed by atoms with E-state index in [2.05, 4.69) is 5.32 Å². The second kappa shape index (κ2) is 4.61. The normalized spacial score (nSPS) is 16.7. The van der Waals surface area contributed by atoms with Crippen LogP contribution in [0.15, 0.2) is 10.5 Å². The molecule has 0 unspecified atom stereocenters. The van der Waals surface area contributed by atoms with Gasteiger partial charge in [0.05, 0.1) is 19.6 Å². The van der Waals surface area contributed by atoms with Crippen molar-refractivity contribution in [1.29, 1.82) is 0 Å². The Morgan fingerprint density at radius 1 is 1.44 bits per heavy atom. The Balaban J connectivity index is 2.09. The fourth-order valence-electron chi connectivity index (χ4n) is 1.87. The standard InChI is InChI=1S/C11H12N2O5/c1-6-2-7(18-10(6)11(16)17)3-13-4-8(14)12-9(15)5-13/h2H,3-5H2,1H3,(H,16,17)(H,12,14,15). The average Bonchev–Trinajstić information content (AvgIpc) is 2.57. The van der Waals surface area contributed by atoms with Crippen LogP contribution in [-0.2, 0) is 16.1 Å². The lowest BCUT2D eigenvalue weighted by atomic mass is 10.2. The van der Waals surface area contributed by atoms with Gasteiger partial charge in [-0.1, -0.05) is 0 Å². The highest BCUT2D eigenvalue weighted by atomic mass is 16.4. The molecule has 1 aliphatic rings. The maximum atomic E-state index is 11.2. The third-order valence-electron chi connectivity index (χ3n) is 2.56. The summed E-state index contributed by atoms with van der Waals surface area (Å²) < 4.78 is 5.16. The zero-order valence-corrected chi connectivity index (χ0v) is 9.73. The number of carboxylic acid groups (broad SMARTS) is 1. The van der Waals surface area contributed by atoms with E-state index in [1.54, 1.807) is 17.9 Å². The number of nitrogens with one attached hydrogen (secondary N) is 1.